The van der Waals surface area contributed by atoms with Crippen LogP contribution in [0.5, 0.6) is 0 Å². The first kappa shape index (κ1) is 13.8. The molecule has 0 aromatic heterocycles. The van der Waals surface area contributed by atoms with Gasteiger partial charge in [-0.2, -0.15) is 0 Å². The van der Waals surface area contributed by atoms with Gasteiger partial charge >= 0.3 is 12.0 Å². The van der Waals surface area contributed by atoms with Crippen LogP contribution in [0, 0.1) is 0 Å². The van der Waals surface area contributed by atoms with E-state index in [1.165, 1.54) is 0 Å². The van der Waals surface area contributed by atoms with Gasteiger partial charge in [0.25, 0.3) is 0 Å². The Morgan fingerprint density at radius 2 is 2.29 bits per heavy atom. The van der Waals surface area contributed by atoms with Gasteiger partial charge in [-0.1, -0.05) is 13.3 Å². The third-order valence-electron chi connectivity index (χ3n) is 2.70. The molecule has 0 bridgehead atoms. The fourth-order valence-electron chi connectivity index (χ4n) is 1.79. The molecular formula is C11H20N2O4. The van der Waals surface area contributed by atoms with Crippen LogP contribution < -0.4 is 5.32 Å². The predicted octanol–water partition coefficient (Wildman–Crippen LogP) is 0.670. The summed E-state index contributed by atoms with van der Waals surface area (Å²) in [5.41, 5.74) is 0. The van der Waals surface area contributed by atoms with Crippen LogP contribution >= 0.6 is 0 Å². The van der Waals surface area contributed by atoms with Crippen LogP contribution in [-0.2, 0) is 9.53 Å². The Morgan fingerprint density at radius 1 is 1.59 bits per heavy atom. The zero-order chi connectivity index (χ0) is 12.8. The Kier molecular flexibility index (Phi) is 5.21. The third-order valence-corrected chi connectivity index (χ3v) is 2.70. The normalized spacial score (nSPS) is 22.0. The highest BCUT2D eigenvalue weighted by Crippen LogP contribution is 2.05. The lowest BCUT2D eigenvalue weighted by molar-refractivity contribution is -0.139. The minimum absolute atomic E-state index is 0.00366. The molecule has 1 rings (SSSR count). The molecule has 2 N–H and O–H groups in total. The van der Waals surface area contributed by atoms with E-state index in [1.54, 1.807) is 4.90 Å². The lowest BCUT2D eigenvalue weighted by Gasteiger charge is -2.32. The van der Waals surface area contributed by atoms with Gasteiger partial charge in [-0.05, 0) is 13.3 Å². The first-order valence-electron chi connectivity index (χ1n) is 5.94. The van der Waals surface area contributed by atoms with Crippen LogP contribution in [0.4, 0.5) is 4.79 Å². The number of carboxylic acids is 1. The molecule has 0 spiro atoms. The van der Waals surface area contributed by atoms with Gasteiger partial charge in [0.15, 0.2) is 0 Å². The lowest BCUT2D eigenvalue weighted by Crippen LogP contribution is -2.52. The fourth-order valence-corrected chi connectivity index (χ4v) is 1.79. The Labute approximate surface area is 101 Å². The third kappa shape index (κ3) is 4.22. The summed E-state index contributed by atoms with van der Waals surface area (Å²) in [4.78, 5) is 24.3. The van der Waals surface area contributed by atoms with E-state index >= 15 is 0 Å². The van der Waals surface area contributed by atoms with Crippen molar-refractivity contribution in [1.29, 1.82) is 0 Å². The van der Waals surface area contributed by atoms with Crippen molar-refractivity contribution in [2.45, 2.75) is 38.8 Å². The molecule has 0 aliphatic carbocycles. The lowest BCUT2D eigenvalue weighted by atomic mass is 10.2. The van der Waals surface area contributed by atoms with Crippen LogP contribution in [0.15, 0.2) is 0 Å². The van der Waals surface area contributed by atoms with Crippen molar-refractivity contribution in [2.75, 3.05) is 19.7 Å². The Hall–Kier alpha value is -1.30. The summed E-state index contributed by atoms with van der Waals surface area (Å²) in [6, 6.07) is -1.12. The second kappa shape index (κ2) is 6.44. The van der Waals surface area contributed by atoms with E-state index in [2.05, 4.69) is 5.32 Å². The molecule has 1 aliphatic heterocycles. The molecule has 1 aliphatic rings. The largest absolute Gasteiger partial charge is 0.480 e. The number of amides is 2. The minimum Gasteiger partial charge on any atom is -0.480 e. The van der Waals surface area contributed by atoms with Crippen molar-refractivity contribution < 1.29 is 19.4 Å². The van der Waals surface area contributed by atoms with Gasteiger partial charge in [0, 0.05) is 13.1 Å². The van der Waals surface area contributed by atoms with Gasteiger partial charge in [-0.3, -0.25) is 0 Å². The summed E-state index contributed by atoms with van der Waals surface area (Å²) in [5, 5.41) is 11.5. The first-order valence-corrected chi connectivity index (χ1v) is 5.94. The molecule has 6 heteroatoms. The molecule has 0 aromatic rings. The summed E-state index contributed by atoms with van der Waals surface area (Å²) in [5.74, 6) is -0.985. The molecule has 6 nitrogen and oxygen atoms in total. The number of rotatable bonds is 4. The van der Waals surface area contributed by atoms with Crippen molar-refractivity contribution in [3.05, 3.63) is 0 Å². The summed E-state index contributed by atoms with van der Waals surface area (Å²) >= 11 is 0. The summed E-state index contributed by atoms with van der Waals surface area (Å²) in [6.07, 6.45) is 1.17. The van der Waals surface area contributed by atoms with Crippen LogP contribution in [0.2, 0.25) is 0 Å². The number of urea groups is 1. The Balaban J connectivity index is 2.48. The zero-order valence-electron chi connectivity index (χ0n) is 10.3. The predicted molar refractivity (Wildman–Crippen MR) is 61.9 cm³/mol. The number of ether oxygens (including phenoxy) is 1. The molecule has 1 fully saturated rings. The van der Waals surface area contributed by atoms with Gasteiger partial charge in [-0.25, -0.2) is 9.59 Å². The van der Waals surface area contributed by atoms with Crippen LogP contribution in [-0.4, -0.2) is 53.8 Å². The van der Waals surface area contributed by atoms with E-state index in [4.69, 9.17) is 9.84 Å². The molecule has 1 saturated heterocycles. The molecule has 0 aromatic carbocycles. The Morgan fingerprint density at radius 3 is 2.82 bits per heavy atom. The topological polar surface area (TPSA) is 78.9 Å². The van der Waals surface area contributed by atoms with E-state index in [0.717, 1.165) is 6.42 Å². The average Bonchev–Trinajstić information content (AvgIpc) is 2.28. The van der Waals surface area contributed by atoms with Gasteiger partial charge < -0.3 is 20.1 Å². The van der Waals surface area contributed by atoms with E-state index in [1.807, 2.05) is 13.8 Å². The maximum absolute atomic E-state index is 11.8. The van der Waals surface area contributed by atoms with Gasteiger partial charge in [-0.15, -0.1) is 0 Å². The van der Waals surface area contributed by atoms with E-state index in [0.29, 0.717) is 26.1 Å². The number of carbonyl (C=O) groups is 2. The van der Waals surface area contributed by atoms with Crippen LogP contribution in [0.3, 0.4) is 0 Å². The van der Waals surface area contributed by atoms with Crippen LogP contribution in [0.1, 0.15) is 26.7 Å². The second-order valence-corrected chi connectivity index (χ2v) is 4.26. The molecular weight excluding hydrogens is 224 g/mol. The SMILES string of the molecule is CCC[C@H](NC(=O)N1CCOC(C)C1)C(=O)O. The number of morpholine rings is 1. The average molecular weight is 244 g/mol. The highest BCUT2D eigenvalue weighted by atomic mass is 16.5. The van der Waals surface area contributed by atoms with Crippen LogP contribution in [0.25, 0.3) is 0 Å². The molecule has 2 amide bonds. The van der Waals surface area contributed by atoms with Crippen molar-refractivity contribution in [3.63, 3.8) is 0 Å². The monoisotopic (exact) mass is 244 g/mol. The molecule has 0 radical (unpaired) electrons. The maximum atomic E-state index is 11.8. The number of carbonyl (C=O) groups excluding carboxylic acids is 1. The van der Waals surface area contributed by atoms with Crippen molar-refractivity contribution >= 4 is 12.0 Å². The van der Waals surface area contributed by atoms with Crippen molar-refractivity contribution in [2.24, 2.45) is 0 Å². The van der Waals surface area contributed by atoms with E-state index < -0.39 is 12.0 Å². The summed E-state index contributed by atoms with van der Waals surface area (Å²) < 4.78 is 5.32. The summed E-state index contributed by atoms with van der Waals surface area (Å²) in [7, 11) is 0. The standard InChI is InChI=1S/C11H20N2O4/c1-3-4-9(10(14)15)12-11(16)13-5-6-17-8(2)7-13/h8-9H,3-7H2,1-2H3,(H,12,16)(H,14,15)/t8?,9-/m0/s1. The molecule has 2 atom stereocenters. The first-order chi connectivity index (χ1) is 8.04. The number of hydrogen-bond donors (Lipinski definition) is 2. The Bertz CT molecular complexity index is 283. The molecule has 1 unspecified atom stereocenters. The molecule has 0 saturated carbocycles. The molecule has 1 heterocycles. The number of nitrogens with zero attached hydrogens (tertiary/aromatic N) is 1. The maximum Gasteiger partial charge on any atom is 0.326 e. The number of aliphatic carboxylic acids is 1. The highest BCUT2D eigenvalue weighted by molar-refractivity contribution is 5.82. The highest BCUT2D eigenvalue weighted by Gasteiger charge is 2.25. The second-order valence-electron chi connectivity index (χ2n) is 4.26. The van der Waals surface area contributed by atoms with E-state index in [-0.39, 0.29) is 12.1 Å². The van der Waals surface area contributed by atoms with Crippen molar-refractivity contribution in [3.8, 4) is 0 Å². The molecule has 17 heavy (non-hydrogen) atoms. The number of carboxylic acid groups (broad SMARTS) is 1. The van der Waals surface area contributed by atoms with Gasteiger partial charge in [0.2, 0.25) is 0 Å². The van der Waals surface area contributed by atoms with Crippen molar-refractivity contribution in [1.82, 2.24) is 10.2 Å². The zero-order valence-corrected chi connectivity index (χ0v) is 10.3. The summed E-state index contributed by atoms with van der Waals surface area (Å²) in [6.45, 7) is 5.29. The number of hydrogen-bond acceptors (Lipinski definition) is 3. The van der Waals surface area contributed by atoms with Gasteiger partial charge in [0.05, 0.1) is 12.7 Å². The minimum atomic E-state index is -0.985. The van der Waals surface area contributed by atoms with Gasteiger partial charge in [0.1, 0.15) is 6.04 Å². The quantitative estimate of drug-likeness (QED) is 0.762. The fraction of sp³-hybridized carbons (Fsp3) is 0.818. The molecule has 98 valence electrons. The number of nitrogens with one attached hydrogen (secondary N) is 1. The van der Waals surface area contributed by atoms with E-state index in [9.17, 15) is 9.59 Å². The smallest absolute Gasteiger partial charge is 0.326 e.